The summed E-state index contributed by atoms with van der Waals surface area (Å²) in [6.07, 6.45) is 0.305. The number of nitrogens with zero attached hydrogens (tertiary/aromatic N) is 1. The first-order valence-corrected chi connectivity index (χ1v) is 6.19. The van der Waals surface area contributed by atoms with Crippen LogP contribution in [0, 0.1) is 12.7 Å². The summed E-state index contributed by atoms with van der Waals surface area (Å²) in [6.45, 7) is 1.81. The van der Waals surface area contributed by atoms with Crippen molar-refractivity contribution in [3.63, 3.8) is 0 Å². The second-order valence-electron chi connectivity index (χ2n) is 4.45. The van der Waals surface area contributed by atoms with Gasteiger partial charge in [-0.2, -0.15) is 0 Å². The Hall–Kier alpha value is -2.27. The molecule has 104 valence electrons. The number of benzene rings is 1. The molecule has 2 N–H and O–H groups in total. The van der Waals surface area contributed by atoms with Crippen LogP contribution in [-0.4, -0.2) is 16.0 Å². The van der Waals surface area contributed by atoms with E-state index in [1.807, 2.05) is 6.07 Å². The Bertz CT molecular complexity index is 602. The number of rotatable bonds is 4. The van der Waals surface area contributed by atoms with Gasteiger partial charge in [-0.25, -0.2) is 4.39 Å². The monoisotopic (exact) mass is 274 g/mol. The highest BCUT2D eigenvalue weighted by Crippen LogP contribution is 2.16. The van der Waals surface area contributed by atoms with E-state index in [9.17, 15) is 14.3 Å². The van der Waals surface area contributed by atoms with Crippen LogP contribution in [0.5, 0.6) is 0 Å². The van der Waals surface area contributed by atoms with E-state index in [2.05, 4.69) is 10.3 Å². The fourth-order valence-corrected chi connectivity index (χ4v) is 1.77. The van der Waals surface area contributed by atoms with Crippen LogP contribution in [0.25, 0.3) is 0 Å². The van der Waals surface area contributed by atoms with Crippen LogP contribution in [0.4, 0.5) is 4.39 Å². The van der Waals surface area contributed by atoms with E-state index in [0.717, 1.165) is 0 Å². The zero-order chi connectivity index (χ0) is 14.5. The lowest BCUT2D eigenvalue weighted by molar-refractivity contribution is -0.129. The molecule has 20 heavy (non-hydrogen) atoms. The molecule has 0 aliphatic heterocycles. The van der Waals surface area contributed by atoms with Crippen molar-refractivity contribution in [2.24, 2.45) is 0 Å². The van der Waals surface area contributed by atoms with Crippen LogP contribution >= 0.6 is 0 Å². The molecular formula is C15H15FN2O2. The third kappa shape index (κ3) is 3.39. The van der Waals surface area contributed by atoms with Crippen molar-refractivity contribution in [3.8, 4) is 0 Å². The summed E-state index contributed by atoms with van der Waals surface area (Å²) in [7, 11) is 0. The molecule has 0 bridgehead atoms. The van der Waals surface area contributed by atoms with Gasteiger partial charge >= 0.3 is 0 Å². The van der Waals surface area contributed by atoms with E-state index in [4.69, 9.17) is 0 Å². The van der Waals surface area contributed by atoms with Crippen molar-refractivity contribution in [2.75, 3.05) is 0 Å². The number of nitrogens with one attached hydrogen (secondary N) is 1. The SMILES string of the molecule is Cc1cc(C(O)C(=O)NCc2ccccn2)ccc1F. The zero-order valence-electron chi connectivity index (χ0n) is 11.0. The Morgan fingerprint density at radius 3 is 2.85 bits per heavy atom. The van der Waals surface area contributed by atoms with Gasteiger partial charge in [-0.1, -0.05) is 18.2 Å². The van der Waals surface area contributed by atoms with Crippen molar-refractivity contribution in [1.29, 1.82) is 0 Å². The fourth-order valence-electron chi connectivity index (χ4n) is 1.77. The van der Waals surface area contributed by atoms with Crippen molar-refractivity contribution in [2.45, 2.75) is 19.6 Å². The number of aliphatic hydroxyl groups excluding tert-OH is 1. The Morgan fingerprint density at radius 1 is 1.40 bits per heavy atom. The Kier molecular flexibility index (Phi) is 4.42. The number of hydrogen-bond donors (Lipinski definition) is 2. The van der Waals surface area contributed by atoms with Gasteiger partial charge in [0.2, 0.25) is 0 Å². The molecule has 0 saturated heterocycles. The van der Waals surface area contributed by atoms with Gasteiger partial charge in [0, 0.05) is 6.20 Å². The van der Waals surface area contributed by atoms with Gasteiger partial charge in [0.05, 0.1) is 12.2 Å². The Labute approximate surface area is 116 Å². The highest BCUT2D eigenvalue weighted by atomic mass is 19.1. The number of carbonyl (C=O) groups is 1. The molecule has 5 heteroatoms. The lowest BCUT2D eigenvalue weighted by Crippen LogP contribution is -2.29. The number of pyridine rings is 1. The van der Waals surface area contributed by atoms with Crippen LogP contribution in [0.2, 0.25) is 0 Å². The molecule has 1 unspecified atom stereocenters. The molecule has 4 nitrogen and oxygen atoms in total. The minimum Gasteiger partial charge on any atom is -0.378 e. The van der Waals surface area contributed by atoms with Crippen LogP contribution in [-0.2, 0) is 11.3 Å². The van der Waals surface area contributed by atoms with Gasteiger partial charge in [-0.3, -0.25) is 9.78 Å². The van der Waals surface area contributed by atoms with Gasteiger partial charge in [-0.05, 0) is 36.2 Å². The van der Waals surface area contributed by atoms with Crippen LogP contribution in [0.1, 0.15) is 22.9 Å². The first-order valence-electron chi connectivity index (χ1n) is 6.19. The third-order valence-corrected chi connectivity index (χ3v) is 2.92. The molecule has 0 spiro atoms. The van der Waals surface area contributed by atoms with Crippen LogP contribution in [0.15, 0.2) is 42.6 Å². The fraction of sp³-hybridized carbons (Fsp3) is 0.200. The Morgan fingerprint density at radius 2 is 2.20 bits per heavy atom. The van der Waals surface area contributed by atoms with E-state index in [-0.39, 0.29) is 12.4 Å². The summed E-state index contributed by atoms with van der Waals surface area (Å²) >= 11 is 0. The standard InChI is InChI=1S/C15H15FN2O2/c1-10-8-11(5-6-13(10)16)14(19)15(20)18-9-12-4-2-3-7-17-12/h2-8,14,19H,9H2,1H3,(H,18,20). The summed E-state index contributed by atoms with van der Waals surface area (Å²) in [5.41, 5.74) is 1.45. The predicted octanol–water partition coefficient (Wildman–Crippen LogP) is 1.88. The average molecular weight is 274 g/mol. The summed E-state index contributed by atoms with van der Waals surface area (Å²) in [6, 6.07) is 9.46. The molecule has 2 aromatic rings. The van der Waals surface area contributed by atoms with E-state index in [0.29, 0.717) is 16.8 Å². The molecule has 1 aromatic heterocycles. The van der Waals surface area contributed by atoms with Gasteiger partial charge in [0.15, 0.2) is 6.10 Å². The topological polar surface area (TPSA) is 62.2 Å². The largest absolute Gasteiger partial charge is 0.378 e. The second kappa shape index (κ2) is 6.25. The maximum absolute atomic E-state index is 13.1. The predicted molar refractivity (Wildman–Crippen MR) is 72.2 cm³/mol. The summed E-state index contributed by atoms with van der Waals surface area (Å²) in [4.78, 5) is 15.9. The van der Waals surface area contributed by atoms with E-state index >= 15 is 0 Å². The quantitative estimate of drug-likeness (QED) is 0.894. The first-order chi connectivity index (χ1) is 9.58. The molecule has 0 radical (unpaired) electrons. The van der Waals surface area contributed by atoms with Crippen LogP contribution < -0.4 is 5.32 Å². The lowest BCUT2D eigenvalue weighted by atomic mass is 10.1. The minimum absolute atomic E-state index is 0.233. The maximum Gasteiger partial charge on any atom is 0.253 e. The van der Waals surface area contributed by atoms with Gasteiger partial charge in [0.25, 0.3) is 5.91 Å². The number of aromatic nitrogens is 1. The van der Waals surface area contributed by atoms with E-state index < -0.39 is 12.0 Å². The van der Waals surface area contributed by atoms with Gasteiger partial charge in [-0.15, -0.1) is 0 Å². The normalized spacial score (nSPS) is 11.9. The number of amides is 1. The highest BCUT2D eigenvalue weighted by Gasteiger charge is 2.17. The van der Waals surface area contributed by atoms with Gasteiger partial charge < -0.3 is 10.4 Å². The van der Waals surface area contributed by atoms with E-state index in [1.54, 1.807) is 25.3 Å². The van der Waals surface area contributed by atoms with Crippen molar-refractivity contribution >= 4 is 5.91 Å². The van der Waals surface area contributed by atoms with Gasteiger partial charge in [0.1, 0.15) is 5.82 Å². The summed E-state index contributed by atoms with van der Waals surface area (Å²) in [5, 5.41) is 12.5. The summed E-state index contributed by atoms with van der Waals surface area (Å²) in [5.74, 6) is -0.906. The second-order valence-corrected chi connectivity index (χ2v) is 4.45. The number of carbonyl (C=O) groups excluding carboxylic acids is 1. The number of hydrogen-bond acceptors (Lipinski definition) is 3. The highest BCUT2D eigenvalue weighted by molar-refractivity contribution is 5.81. The third-order valence-electron chi connectivity index (χ3n) is 2.92. The van der Waals surface area contributed by atoms with E-state index in [1.165, 1.54) is 18.2 Å². The molecule has 1 aromatic carbocycles. The lowest BCUT2D eigenvalue weighted by Gasteiger charge is -2.12. The molecule has 1 heterocycles. The van der Waals surface area contributed by atoms with Crippen molar-refractivity contribution in [1.82, 2.24) is 10.3 Å². The number of aryl methyl sites for hydroxylation is 1. The molecular weight excluding hydrogens is 259 g/mol. The molecule has 1 atom stereocenters. The first kappa shape index (κ1) is 14.1. The molecule has 0 aliphatic rings. The van der Waals surface area contributed by atoms with Crippen molar-refractivity contribution < 1.29 is 14.3 Å². The maximum atomic E-state index is 13.1. The molecule has 0 saturated carbocycles. The van der Waals surface area contributed by atoms with Crippen LogP contribution in [0.3, 0.4) is 0 Å². The molecule has 1 amide bonds. The molecule has 0 fully saturated rings. The van der Waals surface area contributed by atoms with Crippen molar-refractivity contribution in [3.05, 3.63) is 65.2 Å². The number of halogens is 1. The molecule has 2 rings (SSSR count). The smallest absolute Gasteiger partial charge is 0.253 e. The zero-order valence-corrected chi connectivity index (χ0v) is 11.0. The average Bonchev–Trinajstić information content (AvgIpc) is 2.48. The molecule has 0 aliphatic carbocycles. The minimum atomic E-state index is -1.32. The summed E-state index contributed by atoms with van der Waals surface area (Å²) < 4.78 is 13.1. The Balaban J connectivity index is 1.99. The number of aliphatic hydroxyl groups is 1.